The van der Waals surface area contributed by atoms with Gasteiger partial charge in [0, 0.05) is 29.7 Å². The minimum Gasteiger partial charge on any atom is -0.293 e. The minimum absolute atomic E-state index is 0.00900. The molecule has 0 aliphatic rings. The van der Waals surface area contributed by atoms with E-state index in [4.69, 9.17) is 0 Å². The van der Waals surface area contributed by atoms with Crippen molar-refractivity contribution in [3.05, 3.63) is 68.4 Å². The maximum atomic E-state index is 12.3. The van der Waals surface area contributed by atoms with Crippen molar-refractivity contribution in [3.8, 4) is 0 Å². The third kappa shape index (κ3) is 3.10. The standard InChI is InChI=1S/C17H19N3OS/c1-3-19(12-15-7-5-9-22-15)11-14-10-17(21)20-13(2)6-4-8-16(20)18-14/h4-10H,3,11-12H2,1-2H3. The molecule has 3 aromatic heterocycles. The van der Waals surface area contributed by atoms with Crippen LogP contribution < -0.4 is 5.56 Å². The van der Waals surface area contributed by atoms with Crippen molar-refractivity contribution < 1.29 is 0 Å². The Bertz CT molecular complexity index is 824. The van der Waals surface area contributed by atoms with E-state index in [0.717, 1.165) is 30.1 Å². The molecule has 0 unspecified atom stereocenters. The van der Waals surface area contributed by atoms with Crippen molar-refractivity contribution in [2.75, 3.05) is 6.54 Å². The van der Waals surface area contributed by atoms with Crippen LogP contribution in [-0.2, 0) is 13.1 Å². The van der Waals surface area contributed by atoms with Gasteiger partial charge in [0.15, 0.2) is 0 Å². The molecule has 0 N–H and O–H groups in total. The highest BCUT2D eigenvalue weighted by Crippen LogP contribution is 2.13. The van der Waals surface area contributed by atoms with Crippen LogP contribution in [0.1, 0.15) is 23.2 Å². The Hall–Kier alpha value is -1.98. The maximum absolute atomic E-state index is 12.3. The SMILES string of the molecule is CCN(Cc1cc(=O)n2c(C)cccc2n1)Cc1cccs1. The second kappa shape index (κ2) is 6.42. The lowest BCUT2D eigenvalue weighted by Crippen LogP contribution is -2.25. The summed E-state index contributed by atoms with van der Waals surface area (Å²) in [5, 5.41) is 2.09. The molecular formula is C17H19N3OS. The van der Waals surface area contributed by atoms with Gasteiger partial charge in [-0.25, -0.2) is 4.98 Å². The Morgan fingerprint density at radius 2 is 2.09 bits per heavy atom. The highest BCUT2D eigenvalue weighted by Gasteiger charge is 2.09. The van der Waals surface area contributed by atoms with Crippen molar-refractivity contribution in [2.45, 2.75) is 26.9 Å². The smallest absolute Gasteiger partial charge is 0.258 e. The van der Waals surface area contributed by atoms with Gasteiger partial charge in [-0.1, -0.05) is 19.1 Å². The molecule has 0 atom stereocenters. The number of rotatable bonds is 5. The summed E-state index contributed by atoms with van der Waals surface area (Å²) in [6.07, 6.45) is 0. The van der Waals surface area contributed by atoms with Crippen LogP contribution in [0.2, 0.25) is 0 Å². The van der Waals surface area contributed by atoms with Gasteiger partial charge in [-0.15, -0.1) is 11.3 Å². The molecule has 3 rings (SSSR count). The van der Waals surface area contributed by atoms with Gasteiger partial charge in [-0.2, -0.15) is 0 Å². The molecule has 0 spiro atoms. The van der Waals surface area contributed by atoms with Crippen molar-refractivity contribution in [1.82, 2.24) is 14.3 Å². The van der Waals surface area contributed by atoms with Crippen LogP contribution in [-0.4, -0.2) is 20.8 Å². The Morgan fingerprint density at radius 1 is 1.23 bits per heavy atom. The molecule has 0 aliphatic heterocycles. The third-order valence-electron chi connectivity index (χ3n) is 3.73. The lowest BCUT2D eigenvalue weighted by Gasteiger charge is -2.19. The summed E-state index contributed by atoms with van der Waals surface area (Å²) in [7, 11) is 0. The molecule has 4 nitrogen and oxygen atoms in total. The van der Waals surface area contributed by atoms with Gasteiger partial charge in [0.05, 0.1) is 5.69 Å². The van der Waals surface area contributed by atoms with Gasteiger partial charge in [0.2, 0.25) is 0 Å². The monoisotopic (exact) mass is 313 g/mol. The average Bonchev–Trinajstić information content (AvgIpc) is 2.99. The molecule has 0 aliphatic carbocycles. The maximum Gasteiger partial charge on any atom is 0.258 e. The summed E-state index contributed by atoms with van der Waals surface area (Å²) in [5.74, 6) is 0. The summed E-state index contributed by atoms with van der Waals surface area (Å²) >= 11 is 1.76. The first kappa shape index (κ1) is 14.9. The summed E-state index contributed by atoms with van der Waals surface area (Å²) in [6, 6.07) is 11.6. The molecule has 5 heteroatoms. The van der Waals surface area contributed by atoms with Crippen LogP contribution in [0.25, 0.3) is 5.65 Å². The highest BCUT2D eigenvalue weighted by atomic mass is 32.1. The molecule has 3 heterocycles. The molecule has 0 fully saturated rings. The van der Waals surface area contributed by atoms with E-state index in [0.29, 0.717) is 6.54 Å². The zero-order valence-electron chi connectivity index (χ0n) is 12.8. The Labute approximate surface area is 133 Å². The van der Waals surface area contributed by atoms with E-state index in [-0.39, 0.29) is 5.56 Å². The van der Waals surface area contributed by atoms with E-state index >= 15 is 0 Å². The second-order valence-electron chi connectivity index (χ2n) is 5.33. The van der Waals surface area contributed by atoms with Crippen LogP contribution in [0, 0.1) is 6.92 Å². The van der Waals surface area contributed by atoms with Crippen LogP contribution in [0.5, 0.6) is 0 Å². The topological polar surface area (TPSA) is 37.6 Å². The quantitative estimate of drug-likeness (QED) is 0.726. The number of aromatic nitrogens is 2. The van der Waals surface area contributed by atoms with E-state index < -0.39 is 0 Å². The molecule has 0 amide bonds. The predicted octanol–water partition coefficient (Wildman–Crippen LogP) is 3.09. The van der Waals surface area contributed by atoms with Crippen LogP contribution in [0.4, 0.5) is 0 Å². The van der Waals surface area contributed by atoms with Gasteiger partial charge in [-0.3, -0.25) is 14.1 Å². The second-order valence-corrected chi connectivity index (χ2v) is 6.36. The number of nitrogens with zero attached hydrogens (tertiary/aromatic N) is 3. The van der Waals surface area contributed by atoms with E-state index in [1.54, 1.807) is 21.8 Å². The highest BCUT2D eigenvalue weighted by molar-refractivity contribution is 7.09. The Morgan fingerprint density at radius 3 is 2.82 bits per heavy atom. The number of thiophene rings is 1. The Balaban J connectivity index is 1.88. The predicted molar refractivity (Wildman–Crippen MR) is 90.3 cm³/mol. The van der Waals surface area contributed by atoms with Crippen molar-refractivity contribution >= 4 is 17.0 Å². The zero-order valence-corrected chi connectivity index (χ0v) is 13.6. The molecule has 114 valence electrons. The minimum atomic E-state index is -0.00900. The van der Waals surface area contributed by atoms with E-state index in [1.165, 1.54) is 4.88 Å². The first-order chi connectivity index (χ1) is 10.7. The third-order valence-corrected chi connectivity index (χ3v) is 4.59. The largest absolute Gasteiger partial charge is 0.293 e. The molecule has 0 aromatic carbocycles. The first-order valence-corrected chi connectivity index (χ1v) is 8.28. The lowest BCUT2D eigenvalue weighted by atomic mass is 10.3. The van der Waals surface area contributed by atoms with Gasteiger partial charge < -0.3 is 0 Å². The number of fused-ring (bicyclic) bond motifs is 1. The number of hydrogen-bond acceptors (Lipinski definition) is 4. The van der Waals surface area contributed by atoms with E-state index in [9.17, 15) is 4.79 Å². The molecule has 3 aromatic rings. The lowest BCUT2D eigenvalue weighted by molar-refractivity contribution is 0.270. The summed E-state index contributed by atoms with van der Waals surface area (Å²) in [6.45, 7) is 6.56. The van der Waals surface area contributed by atoms with Gasteiger partial charge in [0.25, 0.3) is 5.56 Å². The number of aryl methyl sites for hydroxylation is 1. The van der Waals surface area contributed by atoms with Crippen molar-refractivity contribution in [1.29, 1.82) is 0 Å². The van der Waals surface area contributed by atoms with Crippen LogP contribution in [0.3, 0.4) is 0 Å². The van der Waals surface area contributed by atoms with E-state index in [2.05, 4.69) is 34.3 Å². The molecular weight excluding hydrogens is 294 g/mol. The Kier molecular flexibility index (Phi) is 4.36. The fourth-order valence-electron chi connectivity index (χ4n) is 2.58. The van der Waals surface area contributed by atoms with Gasteiger partial charge in [0.1, 0.15) is 5.65 Å². The normalized spacial score (nSPS) is 11.4. The van der Waals surface area contributed by atoms with Crippen LogP contribution in [0.15, 0.2) is 46.6 Å². The van der Waals surface area contributed by atoms with E-state index in [1.807, 2.05) is 25.1 Å². The molecule has 0 saturated heterocycles. The summed E-state index contributed by atoms with van der Waals surface area (Å²) < 4.78 is 1.65. The van der Waals surface area contributed by atoms with Gasteiger partial charge >= 0.3 is 0 Å². The molecule has 22 heavy (non-hydrogen) atoms. The van der Waals surface area contributed by atoms with Crippen LogP contribution >= 0.6 is 11.3 Å². The number of hydrogen-bond donors (Lipinski definition) is 0. The van der Waals surface area contributed by atoms with Crippen molar-refractivity contribution in [2.24, 2.45) is 0 Å². The summed E-state index contributed by atoms with van der Waals surface area (Å²) in [5.41, 5.74) is 2.45. The fourth-order valence-corrected chi connectivity index (χ4v) is 3.32. The molecule has 0 saturated carbocycles. The summed E-state index contributed by atoms with van der Waals surface area (Å²) in [4.78, 5) is 20.6. The zero-order chi connectivity index (χ0) is 15.5. The number of pyridine rings is 1. The van der Waals surface area contributed by atoms with Gasteiger partial charge in [-0.05, 0) is 37.0 Å². The average molecular weight is 313 g/mol. The first-order valence-electron chi connectivity index (χ1n) is 7.40. The fraction of sp³-hybridized carbons (Fsp3) is 0.294. The molecule has 0 radical (unpaired) electrons. The molecule has 0 bridgehead atoms. The van der Waals surface area contributed by atoms with Crippen molar-refractivity contribution in [3.63, 3.8) is 0 Å².